The molecule has 2 aliphatic heterocycles. The van der Waals surface area contributed by atoms with Crippen LogP contribution in [0.5, 0.6) is 17.2 Å². The molecule has 9 nitrogen and oxygen atoms in total. The topological polar surface area (TPSA) is 103 Å². The first-order valence-electron chi connectivity index (χ1n) is 9.91. The Kier molecular flexibility index (Phi) is 6.30. The molecule has 1 unspecified atom stereocenters. The summed E-state index contributed by atoms with van der Waals surface area (Å²) in [6.45, 7) is 2.02. The number of benzene rings is 2. The lowest BCUT2D eigenvalue weighted by atomic mass is 10.1. The molecule has 1 N–H and O–H groups in total. The van der Waals surface area contributed by atoms with Gasteiger partial charge in [-0.05, 0) is 30.3 Å². The van der Waals surface area contributed by atoms with Gasteiger partial charge in [-0.15, -0.1) is 0 Å². The molecule has 0 spiro atoms. The van der Waals surface area contributed by atoms with Gasteiger partial charge in [0, 0.05) is 13.1 Å². The van der Waals surface area contributed by atoms with Crippen LogP contribution in [-0.4, -0.2) is 71.9 Å². The predicted octanol–water partition coefficient (Wildman–Crippen LogP) is 1.29. The van der Waals surface area contributed by atoms with Gasteiger partial charge in [-0.3, -0.25) is 4.79 Å². The second-order valence-electron chi connectivity index (χ2n) is 7.12. The lowest BCUT2D eigenvalue weighted by Crippen LogP contribution is -2.41. The highest BCUT2D eigenvalue weighted by atomic mass is 32.2. The monoisotopic (exact) mass is 448 g/mol. The molecule has 0 aromatic heterocycles. The van der Waals surface area contributed by atoms with Crippen LogP contribution in [0.4, 0.5) is 0 Å². The second kappa shape index (κ2) is 9.13. The van der Waals surface area contributed by atoms with E-state index < -0.39 is 16.1 Å². The van der Waals surface area contributed by atoms with Gasteiger partial charge in [0.2, 0.25) is 10.0 Å². The molecule has 1 atom stereocenters. The summed E-state index contributed by atoms with van der Waals surface area (Å²) in [7, 11) is -2.44. The summed E-state index contributed by atoms with van der Waals surface area (Å²) >= 11 is 0. The van der Waals surface area contributed by atoms with E-state index in [9.17, 15) is 13.2 Å². The fraction of sp³-hybridized carbons (Fsp3) is 0.381. The highest BCUT2D eigenvalue weighted by molar-refractivity contribution is 7.89. The molecule has 2 aliphatic rings. The van der Waals surface area contributed by atoms with Crippen molar-refractivity contribution in [2.45, 2.75) is 11.0 Å². The van der Waals surface area contributed by atoms with E-state index in [0.717, 1.165) is 0 Å². The molecule has 2 aromatic carbocycles. The minimum absolute atomic E-state index is 0.0233. The summed E-state index contributed by atoms with van der Waals surface area (Å²) < 4.78 is 50.3. The number of rotatable bonds is 6. The summed E-state index contributed by atoms with van der Waals surface area (Å²) in [4.78, 5) is 14.5. The number of hydrogen-bond donors (Lipinski definition) is 1. The Morgan fingerprint density at radius 3 is 2.65 bits per heavy atom. The number of ether oxygens (including phenoxy) is 4. The summed E-state index contributed by atoms with van der Waals surface area (Å²) in [6.07, 6.45) is -0.475. The molecule has 0 radical (unpaired) electrons. The average molecular weight is 448 g/mol. The van der Waals surface area contributed by atoms with Crippen molar-refractivity contribution in [3.63, 3.8) is 0 Å². The number of morpholine rings is 1. The zero-order valence-corrected chi connectivity index (χ0v) is 17.9. The third kappa shape index (κ3) is 4.76. The number of nitrogens with one attached hydrogen (secondary N) is 1. The van der Waals surface area contributed by atoms with Crippen molar-refractivity contribution < 1.29 is 32.2 Å². The number of hydrogen-bond acceptors (Lipinski definition) is 7. The smallest absolute Gasteiger partial charge is 0.257 e. The van der Waals surface area contributed by atoms with Crippen LogP contribution in [0, 0.1) is 0 Å². The number of carbonyl (C=O) groups is 1. The van der Waals surface area contributed by atoms with Crippen LogP contribution in [0.15, 0.2) is 47.4 Å². The molecule has 0 bridgehead atoms. The van der Waals surface area contributed by atoms with Crippen LogP contribution in [0.2, 0.25) is 0 Å². The van der Waals surface area contributed by atoms with Gasteiger partial charge in [-0.25, -0.2) is 13.1 Å². The van der Waals surface area contributed by atoms with Crippen LogP contribution in [0.3, 0.4) is 0 Å². The third-order valence-electron chi connectivity index (χ3n) is 5.08. The zero-order chi connectivity index (χ0) is 21.8. The fourth-order valence-electron chi connectivity index (χ4n) is 3.41. The van der Waals surface area contributed by atoms with Crippen molar-refractivity contribution in [1.29, 1.82) is 0 Å². The molecule has 1 fully saturated rings. The van der Waals surface area contributed by atoms with Crippen molar-refractivity contribution in [2.24, 2.45) is 0 Å². The average Bonchev–Trinajstić information content (AvgIpc) is 2.82. The van der Waals surface area contributed by atoms with Crippen molar-refractivity contribution in [3.8, 4) is 17.2 Å². The van der Waals surface area contributed by atoms with Crippen LogP contribution in [-0.2, 0) is 14.8 Å². The maximum absolute atomic E-state index is 12.9. The Bertz CT molecular complexity index is 1050. The Morgan fingerprint density at radius 2 is 1.90 bits per heavy atom. The molecule has 4 rings (SSSR count). The van der Waals surface area contributed by atoms with Crippen LogP contribution >= 0.6 is 0 Å². The Hall–Kier alpha value is -2.82. The van der Waals surface area contributed by atoms with Gasteiger partial charge in [0.1, 0.15) is 18.5 Å². The predicted molar refractivity (Wildman–Crippen MR) is 111 cm³/mol. The highest BCUT2D eigenvalue weighted by Gasteiger charge is 2.26. The molecule has 10 heteroatoms. The molecule has 0 aliphatic carbocycles. The summed E-state index contributed by atoms with van der Waals surface area (Å²) in [5, 5.41) is 0. The van der Waals surface area contributed by atoms with Crippen LogP contribution in [0.1, 0.15) is 10.4 Å². The number of amides is 1. The number of carbonyl (C=O) groups excluding carboxylic acids is 1. The largest absolute Gasteiger partial charge is 0.496 e. The first kappa shape index (κ1) is 21.4. The maximum atomic E-state index is 12.9. The molecular formula is C21H24N2O7S. The van der Waals surface area contributed by atoms with Crippen molar-refractivity contribution in [2.75, 3.05) is 46.6 Å². The van der Waals surface area contributed by atoms with Crippen LogP contribution in [0.25, 0.3) is 0 Å². The van der Waals surface area contributed by atoms with Gasteiger partial charge < -0.3 is 23.8 Å². The van der Waals surface area contributed by atoms with Crippen molar-refractivity contribution in [1.82, 2.24) is 9.62 Å². The van der Waals surface area contributed by atoms with E-state index >= 15 is 0 Å². The number of nitrogens with zero attached hydrogens (tertiary/aromatic N) is 1. The summed E-state index contributed by atoms with van der Waals surface area (Å²) in [5.74, 6) is 1.22. The highest BCUT2D eigenvalue weighted by Crippen LogP contribution is 2.31. The van der Waals surface area contributed by atoms with Gasteiger partial charge in [0.05, 0.1) is 37.3 Å². The minimum atomic E-state index is -3.89. The quantitative estimate of drug-likeness (QED) is 0.710. The molecule has 2 heterocycles. The van der Waals surface area contributed by atoms with Crippen molar-refractivity contribution >= 4 is 15.9 Å². The Morgan fingerprint density at radius 1 is 1.16 bits per heavy atom. The number of para-hydroxylation sites is 2. The van der Waals surface area contributed by atoms with E-state index in [0.29, 0.717) is 43.6 Å². The van der Waals surface area contributed by atoms with Gasteiger partial charge in [0.15, 0.2) is 11.5 Å². The fourth-order valence-corrected chi connectivity index (χ4v) is 4.50. The van der Waals surface area contributed by atoms with E-state index in [1.165, 1.54) is 25.3 Å². The molecule has 31 heavy (non-hydrogen) atoms. The van der Waals surface area contributed by atoms with Crippen molar-refractivity contribution in [3.05, 3.63) is 48.0 Å². The molecule has 1 amide bonds. The molecule has 0 saturated carbocycles. The lowest BCUT2D eigenvalue weighted by molar-refractivity contribution is 0.0300. The molecular weight excluding hydrogens is 424 g/mol. The number of fused-ring (bicyclic) bond motifs is 1. The van der Waals surface area contributed by atoms with Gasteiger partial charge >= 0.3 is 0 Å². The molecule has 2 aromatic rings. The first-order valence-corrected chi connectivity index (χ1v) is 11.4. The van der Waals surface area contributed by atoms with Crippen LogP contribution < -0.4 is 18.9 Å². The third-order valence-corrected chi connectivity index (χ3v) is 6.50. The lowest BCUT2D eigenvalue weighted by Gasteiger charge is -2.27. The summed E-state index contributed by atoms with van der Waals surface area (Å²) in [5.41, 5.74) is 0.193. The van der Waals surface area contributed by atoms with E-state index in [4.69, 9.17) is 18.9 Å². The number of sulfonamides is 1. The van der Waals surface area contributed by atoms with Gasteiger partial charge in [0.25, 0.3) is 5.91 Å². The molecule has 166 valence electrons. The minimum Gasteiger partial charge on any atom is -0.496 e. The Balaban J connectivity index is 1.48. The van der Waals surface area contributed by atoms with E-state index in [-0.39, 0.29) is 29.5 Å². The molecule has 1 saturated heterocycles. The maximum Gasteiger partial charge on any atom is 0.257 e. The first-order chi connectivity index (χ1) is 15.0. The normalized spacial score (nSPS) is 18.5. The van der Waals surface area contributed by atoms with E-state index in [1.807, 2.05) is 12.1 Å². The standard InChI is InChI=1S/C21H24N2O7S/c1-27-18-7-6-16(12-17(18)21(24)23-8-10-28-11-9-23)31(25,26)22-13-15-14-29-19-4-2-3-5-20(19)30-15/h2-7,12,15,22H,8-11,13-14H2,1H3. The van der Waals surface area contributed by atoms with E-state index in [2.05, 4.69) is 4.72 Å². The number of methoxy groups -OCH3 is 1. The van der Waals surface area contributed by atoms with Gasteiger partial charge in [-0.1, -0.05) is 12.1 Å². The second-order valence-corrected chi connectivity index (χ2v) is 8.88. The Labute approximate surface area is 180 Å². The van der Waals surface area contributed by atoms with Gasteiger partial charge in [-0.2, -0.15) is 0 Å². The zero-order valence-electron chi connectivity index (χ0n) is 17.1. The summed E-state index contributed by atoms with van der Waals surface area (Å²) in [6, 6.07) is 11.4. The SMILES string of the molecule is COc1ccc(S(=O)(=O)NCC2COc3ccccc3O2)cc1C(=O)N1CCOCC1. The van der Waals surface area contributed by atoms with E-state index in [1.54, 1.807) is 17.0 Å².